The normalized spacial score (nSPS) is 19.3. The van der Waals surface area contributed by atoms with Crippen molar-refractivity contribution in [2.45, 2.75) is 124 Å². The van der Waals surface area contributed by atoms with Crippen LogP contribution in [0.3, 0.4) is 0 Å². The Bertz CT molecular complexity index is 2010. The van der Waals surface area contributed by atoms with Crippen LogP contribution >= 0.6 is 0 Å². The summed E-state index contributed by atoms with van der Waals surface area (Å²) in [5.74, 6) is 0.497. The van der Waals surface area contributed by atoms with Crippen molar-refractivity contribution in [3.63, 3.8) is 0 Å². The summed E-state index contributed by atoms with van der Waals surface area (Å²) in [5, 5.41) is 3.03. The lowest BCUT2D eigenvalue weighted by Gasteiger charge is -2.38. The van der Waals surface area contributed by atoms with E-state index in [-0.39, 0.29) is 37.8 Å². The summed E-state index contributed by atoms with van der Waals surface area (Å²) in [6.07, 6.45) is 9.72. The Morgan fingerprint density at radius 2 is 1.63 bits per heavy atom. The van der Waals surface area contributed by atoms with E-state index in [1.54, 1.807) is 18.0 Å². The number of esters is 1. The summed E-state index contributed by atoms with van der Waals surface area (Å²) in [7, 11) is 1.66. The highest BCUT2D eigenvalue weighted by Crippen LogP contribution is 2.27. The SMILES string of the molecule is C.CCCCCCOC(=O)CN1CCC(C)CC1.Cc1cc(C[C@@H](OC(=O)N2CCC(N3CCc4ccccc4NC3=O)CC2)C(=O)N2CCCC(C)C2)cc2oc(=O)n(C)c12. The van der Waals surface area contributed by atoms with Crippen LogP contribution in [0, 0.1) is 18.8 Å². The molecule has 4 aliphatic heterocycles. The number of oxazole rings is 1. The summed E-state index contributed by atoms with van der Waals surface area (Å²) in [4.78, 5) is 71.6. The number of hydrogen-bond acceptors (Lipinski definition) is 9. The molecule has 2 aromatic carbocycles. The van der Waals surface area contributed by atoms with Crippen molar-refractivity contribution >= 4 is 40.8 Å². The molecule has 342 valence electrons. The van der Waals surface area contributed by atoms with Crippen LogP contribution < -0.4 is 11.1 Å². The number of fused-ring (bicyclic) bond motifs is 2. The molecule has 1 aromatic heterocycles. The molecule has 7 rings (SSSR count). The molecule has 14 nitrogen and oxygen atoms in total. The van der Waals surface area contributed by atoms with Gasteiger partial charge in [0.1, 0.15) is 0 Å². The van der Waals surface area contributed by atoms with E-state index in [0.717, 1.165) is 67.1 Å². The third-order valence-electron chi connectivity index (χ3n) is 12.8. The van der Waals surface area contributed by atoms with E-state index in [2.05, 4.69) is 31.0 Å². The molecule has 0 aliphatic carbocycles. The number of amides is 4. The molecule has 0 saturated carbocycles. The van der Waals surface area contributed by atoms with Crippen LogP contribution in [0.15, 0.2) is 45.6 Å². The van der Waals surface area contributed by atoms with Crippen LogP contribution in [0.5, 0.6) is 0 Å². The third kappa shape index (κ3) is 12.9. The Balaban J connectivity index is 0.000000341. The van der Waals surface area contributed by atoms with Gasteiger partial charge in [-0.2, -0.15) is 0 Å². The maximum absolute atomic E-state index is 13.8. The fourth-order valence-electron chi connectivity index (χ4n) is 9.14. The highest BCUT2D eigenvalue weighted by molar-refractivity contribution is 5.91. The zero-order valence-electron chi connectivity index (χ0n) is 37.1. The van der Waals surface area contributed by atoms with Gasteiger partial charge in [-0.05, 0) is 112 Å². The first-order valence-electron chi connectivity index (χ1n) is 22.8. The Morgan fingerprint density at radius 3 is 2.35 bits per heavy atom. The largest absolute Gasteiger partial charge is 0.465 e. The number of anilines is 1. The summed E-state index contributed by atoms with van der Waals surface area (Å²) in [6, 6.07) is 11.4. The molecule has 0 bridgehead atoms. The Morgan fingerprint density at radius 1 is 0.887 bits per heavy atom. The number of hydrogen-bond donors (Lipinski definition) is 1. The molecule has 3 aromatic rings. The topological polar surface area (TPSA) is 147 Å². The molecule has 2 atom stereocenters. The number of nitrogens with one attached hydrogen (secondary N) is 1. The Kier molecular flexibility index (Phi) is 17.9. The van der Waals surface area contributed by atoms with E-state index >= 15 is 0 Å². The molecule has 3 saturated heterocycles. The number of ether oxygens (including phenoxy) is 2. The lowest BCUT2D eigenvalue weighted by molar-refractivity contribution is -0.145. The van der Waals surface area contributed by atoms with Crippen LogP contribution in [-0.2, 0) is 39.0 Å². The van der Waals surface area contributed by atoms with Crippen LogP contribution in [-0.4, -0.2) is 119 Å². The minimum atomic E-state index is -1.01. The number of rotatable bonds is 12. The summed E-state index contributed by atoms with van der Waals surface area (Å²) >= 11 is 0. The second-order valence-corrected chi connectivity index (χ2v) is 17.8. The van der Waals surface area contributed by atoms with Crippen molar-refractivity contribution < 1.29 is 33.1 Å². The van der Waals surface area contributed by atoms with E-state index in [1.165, 1.54) is 36.7 Å². The predicted molar refractivity (Wildman–Crippen MR) is 242 cm³/mol. The molecular formula is C48H72N6O8. The smallest absolute Gasteiger partial charge is 0.419 e. The van der Waals surface area contributed by atoms with Gasteiger partial charge in [-0.3, -0.25) is 19.1 Å². The fourth-order valence-corrected chi connectivity index (χ4v) is 9.14. The van der Waals surface area contributed by atoms with Crippen LogP contribution in [0.25, 0.3) is 11.1 Å². The monoisotopic (exact) mass is 861 g/mol. The van der Waals surface area contributed by atoms with Crippen LogP contribution in [0.1, 0.15) is 109 Å². The average molecular weight is 861 g/mol. The molecule has 1 N–H and O–H groups in total. The zero-order valence-corrected chi connectivity index (χ0v) is 37.1. The minimum Gasteiger partial charge on any atom is -0.465 e. The second-order valence-electron chi connectivity index (χ2n) is 17.8. The molecule has 5 heterocycles. The molecule has 4 amide bonds. The van der Waals surface area contributed by atoms with Crippen molar-refractivity contribution in [2.75, 3.05) is 64.3 Å². The van der Waals surface area contributed by atoms with E-state index in [9.17, 15) is 24.0 Å². The molecule has 0 spiro atoms. The first-order chi connectivity index (χ1) is 29.4. The number of para-hydroxylation sites is 1. The van der Waals surface area contributed by atoms with Gasteiger partial charge in [0, 0.05) is 57.9 Å². The van der Waals surface area contributed by atoms with Gasteiger partial charge in [0.25, 0.3) is 5.91 Å². The van der Waals surface area contributed by atoms with Gasteiger partial charge >= 0.3 is 23.8 Å². The van der Waals surface area contributed by atoms with Crippen molar-refractivity contribution in [2.24, 2.45) is 18.9 Å². The average Bonchev–Trinajstić information content (AvgIpc) is 3.42. The molecule has 3 fully saturated rings. The highest BCUT2D eigenvalue weighted by atomic mass is 16.6. The number of nitrogens with zero attached hydrogens (tertiary/aromatic N) is 5. The number of likely N-dealkylation sites (tertiary alicyclic amines) is 3. The van der Waals surface area contributed by atoms with Gasteiger partial charge in [-0.15, -0.1) is 0 Å². The summed E-state index contributed by atoms with van der Waals surface area (Å²) < 4.78 is 18.1. The molecule has 62 heavy (non-hydrogen) atoms. The van der Waals surface area contributed by atoms with Gasteiger partial charge in [0.2, 0.25) is 0 Å². The van der Waals surface area contributed by atoms with Crippen molar-refractivity contribution in [1.82, 2.24) is 24.2 Å². The molecule has 0 radical (unpaired) electrons. The van der Waals surface area contributed by atoms with Gasteiger partial charge < -0.3 is 33.9 Å². The minimum absolute atomic E-state index is 0. The lowest BCUT2D eigenvalue weighted by Crippen LogP contribution is -2.51. The molecule has 4 aliphatic rings. The number of urea groups is 1. The van der Waals surface area contributed by atoms with E-state index in [4.69, 9.17) is 13.9 Å². The highest BCUT2D eigenvalue weighted by Gasteiger charge is 2.35. The Hall–Kier alpha value is -4.85. The van der Waals surface area contributed by atoms with E-state index in [0.29, 0.717) is 75.7 Å². The van der Waals surface area contributed by atoms with Crippen molar-refractivity contribution in [3.05, 3.63) is 63.6 Å². The standard InChI is InChI=1S/C33H41N5O6.C14H27NO2.CH4/c1-21-7-6-13-37(20-21)30(39)28(19-23-17-22(2)29-27(18-23)43-32(41)35(29)3)44-33(42)36-14-11-25(12-15-36)38-16-10-24-8-4-5-9-26(24)34-31(38)40;1-3-4-5-6-11-17-14(16)12-15-9-7-13(2)8-10-15;/h4-5,8-9,17-18,21,25,28H,6-7,10-16,19-20H2,1-3H3,(H,34,40);13H,3-12H2,1-2H3;1H4/t21?,28-;;/m1../s1. The number of piperidine rings is 3. The van der Waals surface area contributed by atoms with Gasteiger partial charge in [0.15, 0.2) is 11.7 Å². The predicted octanol–water partition coefficient (Wildman–Crippen LogP) is 7.78. The van der Waals surface area contributed by atoms with Gasteiger partial charge in [-0.1, -0.05) is 71.7 Å². The first-order valence-corrected chi connectivity index (χ1v) is 22.8. The Labute approximate surface area is 368 Å². The van der Waals surface area contributed by atoms with Gasteiger partial charge in [0.05, 0.1) is 18.7 Å². The maximum atomic E-state index is 13.8. The number of carbonyl (C=O) groups excluding carboxylic acids is 4. The maximum Gasteiger partial charge on any atom is 0.419 e. The molecule has 14 heteroatoms. The quantitative estimate of drug-likeness (QED) is 0.143. The van der Waals surface area contributed by atoms with Crippen molar-refractivity contribution in [1.29, 1.82) is 0 Å². The number of unbranched alkanes of at least 4 members (excludes halogenated alkanes) is 3. The van der Waals surface area contributed by atoms with Crippen LogP contribution in [0.2, 0.25) is 0 Å². The zero-order chi connectivity index (χ0) is 43.5. The first kappa shape index (κ1) is 48.2. The molecular weight excluding hydrogens is 789 g/mol. The summed E-state index contributed by atoms with van der Waals surface area (Å²) in [5.41, 5.74) is 4.72. The van der Waals surface area contributed by atoms with E-state index < -0.39 is 18.0 Å². The molecule has 1 unspecified atom stereocenters. The fraction of sp³-hybridized carbons (Fsp3) is 0.646. The van der Waals surface area contributed by atoms with Crippen LogP contribution in [0.4, 0.5) is 15.3 Å². The van der Waals surface area contributed by atoms with Crippen molar-refractivity contribution in [3.8, 4) is 0 Å². The number of benzene rings is 2. The number of aromatic nitrogens is 1. The van der Waals surface area contributed by atoms with Gasteiger partial charge in [-0.25, -0.2) is 14.4 Å². The second kappa shape index (κ2) is 23.0. The van der Waals surface area contributed by atoms with E-state index in [1.807, 2.05) is 47.1 Å². The number of carbonyl (C=O) groups is 4. The summed E-state index contributed by atoms with van der Waals surface area (Å²) in [6.45, 7) is 14.4. The number of aryl methyl sites for hydroxylation is 2. The third-order valence-corrected chi connectivity index (χ3v) is 12.8. The lowest BCUT2D eigenvalue weighted by atomic mass is 9.98.